The minimum absolute atomic E-state index is 0.0189. The molecule has 1 aliphatic carbocycles. The highest BCUT2D eigenvalue weighted by Crippen LogP contribution is 2.52. The number of aromatic nitrogens is 4. The van der Waals surface area contributed by atoms with E-state index in [4.69, 9.17) is 39.7 Å². The van der Waals surface area contributed by atoms with Crippen LogP contribution in [0.15, 0.2) is 58.7 Å². The second kappa shape index (κ2) is 8.78. The molecule has 7 nitrogen and oxygen atoms in total. The van der Waals surface area contributed by atoms with Crippen molar-refractivity contribution in [2.45, 2.75) is 35.2 Å². The van der Waals surface area contributed by atoms with Crippen molar-refractivity contribution in [1.29, 1.82) is 0 Å². The van der Waals surface area contributed by atoms with E-state index < -0.39 is 0 Å². The van der Waals surface area contributed by atoms with Crippen LogP contribution < -0.4 is 16.4 Å². The molecule has 1 aliphatic heterocycles. The largest absolute Gasteiger partial charge is 0.382 e. The maximum atomic E-state index is 6.74. The molecule has 0 bridgehead atoms. The van der Waals surface area contributed by atoms with Crippen molar-refractivity contribution < 1.29 is 0 Å². The number of piperidine rings is 1. The first-order valence-electron chi connectivity index (χ1n) is 11.4. The predicted molar refractivity (Wildman–Crippen MR) is 141 cm³/mol. The predicted octanol–water partition coefficient (Wildman–Crippen LogP) is 5.30. The van der Waals surface area contributed by atoms with Crippen molar-refractivity contribution in [3.05, 3.63) is 70.0 Å². The number of rotatable bonds is 3. The smallest absolute Gasteiger partial charge is 0.179 e. The van der Waals surface area contributed by atoms with Crippen LogP contribution in [0.4, 0.5) is 11.6 Å². The van der Waals surface area contributed by atoms with Crippen LogP contribution in [0.2, 0.25) is 10.0 Å². The van der Waals surface area contributed by atoms with Gasteiger partial charge in [-0.3, -0.25) is 0 Å². The van der Waals surface area contributed by atoms with Crippen LogP contribution in [0.25, 0.3) is 11.2 Å². The van der Waals surface area contributed by atoms with E-state index in [-0.39, 0.29) is 11.5 Å². The molecular weight excluding hydrogens is 501 g/mol. The molecule has 10 heteroatoms. The summed E-state index contributed by atoms with van der Waals surface area (Å²) in [4.78, 5) is 21.2. The molecule has 1 saturated heterocycles. The summed E-state index contributed by atoms with van der Waals surface area (Å²) in [5.41, 5.74) is 16.4. The molecular formula is C25H23Cl2N7S. The first-order valence-corrected chi connectivity index (χ1v) is 13.0. The van der Waals surface area contributed by atoms with Crippen molar-refractivity contribution in [3.63, 3.8) is 0 Å². The van der Waals surface area contributed by atoms with Gasteiger partial charge < -0.3 is 16.4 Å². The van der Waals surface area contributed by atoms with Gasteiger partial charge in [-0.25, -0.2) is 19.9 Å². The van der Waals surface area contributed by atoms with Gasteiger partial charge in [-0.15, -0.1) is 0 Å². The van der Waals surface area contributed by atoms with Gasteiger partial charge in [0.05, 0.1) is 11.2 Å². The van der Waals surface area contributed by atoms with Gasteiger partial charge in [0.2, 0.25) is 0 Å². The monoisotopic (exact) mass is 523 g/mol. The van der Waals surface area contributed by atoms with Crippen LogP contribution in [0, 0.1) is 5.41 Å². The van der Waals surface area contributed by atoms with Crippen molar-refractivity contribution in [2.75, 3.05) is 23.7 Å². The van der Waals surface area contributed by atoms with E-state index in [2.05, 4.69) is 25.9 Å². The minimum atomic E-state index is 0.0189. The molecule has 178 valence electrons. The summed E-state index contributed by atoms with van der Waals surface area (Å²) in [7, 11) is 0. The van der Waals surface area contributed by atoms with E-state index in [1.54, 1.807) is 12.4 Å². The number of pyridine rings is 2. The van der Waals surface area contributed by atoms with Crippen LogP contribution in [0.5, 0.6) is 0 Å². The number of benzene rings is 1. The number of fused-ring (bicyclic) bond motifs is 2. The van der Waals surface area contributed by atoms with Gasteiger partial charge in [0, 0.05) is 35.2 Å². The van der Waals surface area contributed by atoms with E-state index in [1.165, 1.54) is 22.9 Å². The van der Waals surface area contributed by atoms with E-state index in [0.717, 1.165) is 58.6 Å². The lowest BCUT2D eigenvalue weighted by molar-refractivity contribution is 0.187. The number of anilines is 2. The van der Waals surface area contributed by atoms with Crippen molar-refractivity contribution in [2.24, 2.45) is 11.1 Å². The summed E-state index contributed by atoms with van der Waals surface area (Å²) in [6, 6.07) is 11.8. The zero-order valence-corrected chi connectivity index (χ0v) is 21.1. The molecule has 1 spiro atoms. The number of nitrogens with two attached hydrogens (primary N) is 2. The third kappa shape index (κ3) is 3.98. The molecule has 4 aromatic rings. The van der Waals surface area contributed by atoms with Gasteiger partial charge in [0.25, 0.3) is 0 Å². The summed E-state index contributed by atoms with van der Waals surface area (Å²) in [6.45, 7) is 1.76. The summed E-state index contributed by atoms with van der Waals surface area (Å²) < 4.78 is 0. The molecule has 1 fully saturated rings. The van der Waals surface area contributed by atoms with Crippen molar-refractivity contribution in [3.8, 4) is 0 Å². The Bertz CT molecular complexity index is 1440. The maximum Gasteiger partial charge on any atom is 0.179 e. The average molecular weight is 524 g/mol. The fourth-order valence-electron chi connectivity index (χ4n) is 5.23. The quantitative estimate of drug-likeness (QED) is 0.372. The first kappa shape index (κ1) is 22.8. The number of nitrogens with zero attached hydrogens (tertiary/aromatic N) is 5. The fourth-order valence-corrected chi connectivity index (χ4v) is 6.53. The highest BCUT2D eigenvalue weighted by molar-refractivity contribution is 7.99. The SMILES string of the molecule is Nc1nccc(Sc2ccc3nc(N4CCC5(CC4)Cc4c(Cl)cccc4[C@H]5N)cnc3n2)c1Cl. The topological polar surface area (TPSA) is 107 Å². The summed E-state index contributed by atoms with van der Waals surface area (Å²) >= 11 is 14.2. The summed E-state index contributed by atoms with van der Waals surface area (Å²) in [5.74, 6) is 1.16. The van der Waals surface area contributed by atoms with Gasteiger partial charge >= 0.3 is 0 Å². The van der Waals surface area contributed by atoms with Gasteiger partial charge in [0.15, 0.2) is 5.65 Å². The molecule has 4 N–H and O–H groups in total. The van der Waals surface area contributed by atoms with Crippen LogP contribution in [-0.2, 0) is 6.42 Å². The molecule has 35 heavy (non-hydrogen) atoms. The number of hydrogen-bond donors (Lipinski definition) is 2. The molecule has 0 unspecified atom stereocenters. The first-order chi connectivity index (χ1) is 16.9. The van der Waals surface area contributed by atoms with E-state index >= 15 is 0 Å². The Morgan fingerprint density at radius 2 is 1.86 bits per heavy atom. The Morgan fingerprint density at radius 3 is 2.66 bits per heavy atom. The molecule has 6 rings (SSSR count). The Balaban J connectivity index is 1.18. The highest BCUT2D eigenvalue weighted by Gasteiger charge is 2.46. The lowest BCUT2D eigenvalue weighted by Gasteiger charge is -2.42. The normalized spacial score (nSPS) is 18.8. The van der Waals surface area contributed by atoms with E-state index in [9.17, 15) is 0 Å². The minimum Gasteiger partial charge on any atom is -0.382 e. The third-order valence-corrected chi connectivity index (χ3v) is 9.08. The van der Waals surface area contributed by atoms with Crippen LogP contribution in [0.1, 0.15) is 30.0 Å². The van der Waals surface area contributed by atoms with Crippen LogP contribution in [0.3, 0.4) is 0 Å². The van der Waals surface area contributed by atoms with Gasteiger partial charge in [-0.1, -0.05) is 47.1 Å². The summed E-state index contributed by atoms with van der Waals surface area (Å²) in [5, 5.41) is 2.02. The Morgan fingerprint density at radius 1 is 1.03 bits per heavy atom. The van der Waals surface area contributed by atoms with Gasteiger partial charge in [0.1, 0.15) is 22.2 Å². The lowest BCUT2D eigenvalue weighted by atomic mass is 9.73. The third-order valence-electron chi connectivity index (χ3n) is 7.22. The van der Waals surface area contributed by atoms with E-state index in [0.29, 0.717) is 16.5 Å². The van der Waals surface area contributed by atoms with Gasteiger partial charge in [-0.05, 0) is 60.1 Å². The molecule has 3 aromatic heterocycles. The molecule has 4 heterocycles. The molecule has 0 radical (unpaired) electrons. The van der Waals surface area contributed by atoms with Crippen LogP contribution in [-0.4, -0.2) is 33.0 Å². The van der Waals surface area contributed by atoms with Crippen molar-refractivity contribution >= 4 is 57.8 Å². The maximum absolute atomic E-state index is 6.74. The molecule has 0 amide bonds. The lowest BCUT2D eigenvalue weighted by Crippen LogP contribution is -2.44. The molecule has 0 saturated carbocycles. The zero-order valence-electron chi connectivity index (χ0n) is 18.8. The Labute approximate surface area is 217 Å². The summed E-state index contributed by atoms with van der Waals surface area (Å²) in [6.07, 6.45) is 6.35. The molecule has 1 aromatic carbocycles. The van der Waals surface area contributed by atoms with Crippen LogP contribution >= 0.6 is 35.0 Å². The standard InChI is InChI=1S/C25H23Cl2N7S/c26-16-3-1-2-14-15(16)12-25(22(14)28)7-10-34(11-8-25)19-13-31-24-17(32-19)4-5-20(33-24)35-18-6-9-30-23(29)21(18)27/h1-6,9,13,22H,7-8,10-12,28H2,(H2,29,30)/t22-/m1/s1. The second-order valence-corrected chi connectivity index (χ2v) is 11.0. The number of nitrogen functional groups attached to an aromatic ring is 1. The fraction of sp³-hybridized carbons (Fsp3) is 0.280. The Hall–Kier alpha value is -2.65. The number of halogens is 2. The average Bonchev–Trinajstić information content (AvgIpc) is 3.14. The zero-order chi connectivity index (χ0) is 24.2. The van der Waals surface area contributed by atoms with E-state index in [1.807, 2.05) is 30.3 Å². The Kier molecular flexibility index (Phi) is 5.72. The van der Waals surface area contributed by atoms with Gasteiger partial charge in [-0.2, -0.15) is 0 Å². The highest BCUT2D eigenvalue weighted by atomic mass is 35.5. The van der Waals surface area contributed by atoms with Crippen molar-refractivity contribution in [1.82, 2.24) is 19.9 Å². The number of hydrogen-bond acceptors (Lipinski definition) is 8. The molecule has 2 aliphatic rings. The molecule has 1 atom stereocenters. The second-order valence-electron chi connectivity index (χ2n) is 9.14.